The van der Waals surface area contributed by atoms with Gasteiger partial charge in [0.1, 0.15) is 0 Å². The van der Waals surface area contributed by atoms with Gasteiger partial charge in [-0.1, -0.05) is 11.2 Å². The summed E-state index contributed by atoms with van der Waals surface area (Å²) in [6.45, 7) is 1.87. The first-order chi connectivity index (χ1) is 8.92. The average molecular weight is 247 g/mol. The topological polar surface area (TPSA) is 69.4 Å². The maximum atomic E-state index is 5.32. The molecule has 0 fully saturated rings. The number of fused-ring (bicyclic) bond motifs is 1. The van der Waals surface area contributed by atoms with Crippen molar-refractivity contribution in [3.63, 3.8) is 0 Å². The second kappa shape index (κ2) is 5.05. The van der Waals surface area contributed by atoms with E-state index in [1.54, 1.807) is 0 Å². The van der Waals surface area contributed by atoms with Crippen molar-refractivity contribution in [1.29, 1.82) is 0 Å². The first kappa shape index (κ1) is 11.0. The second-order valence-electron chi connectivity index (χ2n) is 3.95. The quantitative estimate of drug-likeness (QED) is 0.799. The largest absolute Gasteiger partial charge is 0.454 e. The van der Waals surface area contributed by atoms with Gasteiger partial charge in [-0.2, -0.15) is 4.98 Å². The number of hydrogen-bond donors (Lipinski definition) is 1. The van der Waals surface area contributed by atoms with Crippen LogP contribution in [0, 0.1) is 0 Å². The Morgan fingerprint density at radius 3 is 3.06 bits per heavy atom. The van der Waals surface area contributed by atoms with Crippen LogP contribution in [0.3, 0.4) is 0 Å². The van der Waals surface area contributed by atoms with E-state index in [0.29, 0.717) is 12.7 Å². The molecule has 1 aliphatic heterocycles. The van der Waals surface area contributed by atoms with Crippen LogP contribution in [0.25, 0.3) is 0 Å². The van der Waals surface area contributed by atoms with Crippen LogP contribution in [0.4, 0.5) is 0 Å². The zero-order valence-electron chi connectivity index (χ0n) is 9.76. The van der Waals surface area contributed by atoms with Crippen LogP contribution < -0.4 is 14.8 Å². The number of ether oxygens (including phenoxy) is 2. The van der Waals surface area contributed by atoms with Gasteiger partial charge in [0.25, 0.3) is 0 Å². The van der Waals surface area contributed by atoms with Crippen molar-refractivity contribution in [2.24, 2.45) is 0 Å². The predicted octanol–water partition coefficient (Wildman–Crippen LogP) is 1.13. The Morgan fingerprint density at radius 2 is 2.17 bits per heavy atom. The second-order valence-corrected chi connectivity index (χ2v) is 3.95. The molecule has 0 atom stereocenters. The van der Waals surface area contributed by atoms with Gasteiger partial charge in [0.2, 0.25) is 12.7 Å². The van der Waals surface area contributed by atoms with Crippen LogP contribution >= 0.6 is 0 Å². The van der Waals surface area contributed by atoms with Gasteiger partial charge >= 0.3 is 0 Å². The van der Waals surface area contributed by atoms with E-state index in [0.717, 1.165) is 36.6 Å². The van der Waals surface area contributed by atoms with E-state index in [1.807, 2.05) is 18.2 Å². The Bertz CT molecular complexity index is 513. The molecule has 0 saturated carbocycles. The maximum absolute atomic E-state index is 5.32. The fourth-order valence-electron chi connectivity index (χ4n) is 1.79. The van der Waals surface area contributed by atoms with Crippen LogP contribution in [0.2, 0.25) is 0 Å². The van der Waals surface area contributed by atoms with E-state index < -0.39 is 0 Å². The molecule has 2 aromatic rings. The summed E-state index contributed by atoms with van der Waals surface area (Å²) in [7, 11) is 0. The molecule has 18 heavy (non-hydrogen) atoms. The highest BCUT2D eigenvalue weighted by atomic mass is 16.7. The van der Waals surface area contributed by atoms with Crippen LogP contribution in [0.5, 0.6) is 11.5 Å². The standard InChI is InChI=1S/C12H13N3O3/c1-2-10-11(17-8-16-10)5-9(1)6-13-4-3-12-14-7-15-18-12/h1-2,5,7,13H,3-4,6,8H2. The van der Waals surface area contributed by atoms with Crippen molar-refractivity contribution in [2.75, 3.05) is 13.3 Å². The lowest BCUT2D eigenvalue weighted by Crippen LogP contribution is -2.16. The molecular formula is C12H13N3O3. The summed E-state index contributed by atoms with van der Waals surface area (Å²) >= 11 is 0. The predicted molar refractivity (Wildman–Crippen MR) is 62.3 cm³/mol. The van der Waals surface area contributed by atoms with Gasteiger partial charge in [0.15, 0.2) is 17.8 Å². The van der Waals surface area contributed by atoms with Crippen molar-refractivity contribution in [1.82, 2.24) is 15.5 Å². The molecule has 0 saturated heterocycles. The summed E-state index contributed by atoms with van der Waals surface area (Å²) in [5.41, 5.74) is 1.16. The lowest BCUT2D eigenvalue weighted by Gasteiger charge is -2.04. The number of hydrogen-bond acceptors (Lipinski definition) is 6. The molecule has 6 heteroatoms. The van der Waals surface area contributed by atoms with Crippen molar-refractivity contribution >= 4 is 0 Å². The highest BCUT2D eigenvalue weighted by Crippen LogP contribution is 2.32. The minimum Gasteiger partial charge on any atom is -0.454 e. The van der Waals surface area contributed by atoms with Crippen molar-refractivity contribution in [3.05, 3.63) is 36.0 Å². The van der Waals surface area contributed by atoms with Gasteiger partial charge in [0.05, 0.1) is 0 Å². The van der Waals surface area contributed by atoms with Crippen molar-refractivity contribution in [2.45, 2.75) is 13.0 Å². The van der Waals surface area contributed by atoms with E-state index in [9.17, 15) is 0 Å². The lowest BCUT2D eigenvalue weighted by atomic mass is 10.2. The summed E-state index contributed by atoms with van der Waals surface area (Å²) < 4.78 is 15.5. The van der Waals surface area contributed by atoms with E-state index in [1.165, 1.54) is 6.33 Å². The molecule has 3 rings (SSSR count). The molecule has 0 amide bonds. The zero-order valence-corrected chi connectivity index (χ0v) is 9.76. The van der Waals surface area contributed by atoms with Crippen LogP contribution in [-0.4, -0.2) is 23.5 Å². The molecular weight excluding hydrogens is 234 g/mol. The number of rotatable bonds is 5. The van der Waals surface area contributed by atoms with E-state index in [-0.39, 0.29) is 0 Å². The summed E-state index contributed by atoms with van der Waals surface area (Å²) in [4.78, 5) is 3.95. The molecule has 6 nitrogen and oxygen atoms in total. The van der Waals surface area contributed by atoms with Crippen LogP contribution in [0.15, 0.2) is 29.0 Å². The summed E-state index contributed by atoms with van der Waals surface area (Å²) in [5.74, 6) is 2.27. The normalized spacial score (nSPS) is 12.9. The molecule has 1 aromatic carbocycles. The minimum absolute atomic E-state index is 0.309. The number of aromatic nitrogens is 2. The summed E-state index contributed by atoms with van der Waals surface area (Å²) in [5, 5.41) is 6.86. The highest BCUT2D eigenvalue weighted by molar-refractivity contribution is 5.44. The SMILES string of the molecule is c1noc(CCNCc2ccc3c(c2)OCO3)n1. The van der Waals surface area contributed by atoms with Gasteiger partial charge in [-0.15, -0.1) is 0 Å². The van der Waals surface area contributed by atoms with E-state index in [4.69, 9.17) is 14.0 Å². The first-order valence-corrected chi connectivity index (χ1v) is 5.76. The van der Waals surface area contributed by atoms with Gasteiger partial charge in [-0.25, -0.2) is 0 Å². The van der Waals surface area contributed by atoms with Crippen LogP contribution in [0.1, 0.15) is 11.5 Å². The van der Waals surface area contributed by atoms with E-state index in [2.05, 4.69) is 15.5 Å². The lowest BCUT2D eigenvalue weighted by molar-refractivity contribution is 0.174. The number of benzene rings is 1. The van der Waals surface area contributed by atoms with Gasteiger partial charge < -0.3 is 19.3 Å². The monoisotopic (exact) mass is 247 g/mol. The van der Waals surface area contributed by atoms with Gasteiger partial charge in [-0.3, -0.25) is 0 Å². The average Bonchev–Trinajstić information content (AvgIpc) is 3.05. The maximum Gasteiger partial charge on any atom is 0.231 e. The van der Waals surface area contributed by atoms with Gasteiger partial charge in [0, 0.05) is 19.5 Å². The van der Waals surface area contributed by atoms with Crippen molar-refractivity contribution < 1.29 is 14.0 Å². The first-order valence-electron chi connectivity index (χ1n) is 5.76. The smallest absolute Gasteiger partial charge is 0.231 e. The molecule has 94 valence electrons. The summed E-state index contributed by atoms with van der Waals surface area (Å²) in [6, 6.07) is 5.94. The third kappa shape index (κ3) is 2.43. The molecule has 1 aliphatic rings. The molecule has 0 unspecified atom stereocenters. The minimum atomic E-state index is 0.309. The highest BCUT2D eigenvalue weighted by Gasteiger charge is 2.12. The Kier molecular flexibility index (Phi) is 3.10. The van der Waals surface area contributed by atoms with Crippen molar-refractivity contribution in [3.8, 4) is 11.5 Å². The molecule has 0 radical (unpaired) electrons. The third-order valence-electron chi connectivity index (χ3n) is 2.69. The molecule has 2 heterocycles. The molecule has 0 bridgehead atoms. The molecule has 0 aliphatic carbocycles. The Hall–Kier alpha value is -2.08. The fourth-order valence-corrected chi connectivity index (χ4v) is 1.79. The third-order valence-corrected chi connectivity index (χ3v) is 2.69. The Morgan fingerprint density at radius 1 is 1.22 bits per heavy atom. The Balaban J connectivity index is 1.48. The molecule has 0 spiro atoms. The number of nitrogens with one attached hydrogen (secondary N) is 1. The zero-order chi connectivity index (χ0) is 12.2. The Labute approximate surface area is 104 Å². The van der Waals surface area contributed by atoms with Crippen LogP contribution in [-0.2, 0) is 13.0 Å². The summed E-state index contributed by atoms with van der Waals surface area (Å²) in [6.07, 6.45) is 2.14. The van der Waals surface area contributed by atoms with Gasteiger partial charge in [-0.05, 0) is 17.7 Å². The fraction of sp³-hybridized carbons (Fsp3) is 0.333. The molecule has 1 aromatic heterocycles. The van der Waals surface area contributed by atoms with E-state index >= 15 is 0 Å². The number of nitrogens with zero attached hydrogens (tertiary/aromatic N) is 2. The molecule has 1 N–H and O–H groups in total.